The van der Waals surface area contributed by atoms with Crippen molar-refractivity contribution in [1.82, 2.24) is 5.32 Å². The van der Waals surface area contributed by atoms with E-state index in [4.69, 9.17) is 9.47 Å². The van der Waals surface area contributed by atoms with Crippen molar-refractivity contribution in [3.05, 3.63) is 29.8 Å². The lowest BCUT2D eigenvalue weighted by Gasteiger charge is -2.22. The van der Waals surface area contributed by atoms with Gasteiger partial charge in [0.05, 0.1) is 6.10 Å². The van der Waals surface area contributed by atoms with Crippen LogP contribution in [0.1, 0.15) is 51.6 Å². The molecule has 1 aliphatic heterocycles. The lowest BCUT2D eigenvalue weighted by molar-refractivity contribution is 0.142. The first-order valence-electron chi connectivity index (χ1n) is 7.75. The fourth-order valence-electron chi connectivity index (χ4n) is 2.65. The SMILES string of the molecule is CC(C)Oc1cccc(C(C)NC2CCCOCC2)c1. The van der Waals surface area contributed by atoms with Crippen molar-refractivity contribution < 1.29 is 9.47 Å². The summed E-state index contributed by atoms with van der Waals surface area (Å²) in [6.45, 7) is 8.12. The van der Waals surface area contributed by atoms with Crippen LogP contribution in [0.5, 0.6) is 5.75 Å². The second-order valence-corrected chi connectivity index (χ2v) is 5.87. The third kappa shape index (κ3) is 4.80. The molecule has 0 spiro atoms. The predicted octanol–water partition coefficient (Wildman–Crippen LogP) is 3.69. The zero-order valence-electron chi connectivity index (χ0n) is 12.9. The Hall–Kier alpha value is -1.06. The van der Waals surface area contributed by atoms with Gasteiger partial charge in [-0.2, -0.15) is 0 Å². The van der Waals surface area contributed by atoms with Gasteiger partial charge < -0.3 is 14.8 Å². The number of rotatable bonds is 5. The van der Waals surface area contributed by atoms with Crippen LogP contribution in [-0.2, 0) is 4.74 Å². The van der Waals surface area contributed by atoms with Gasteiger partial charge in [0.2, 0.25) is 0 Å². The largest absolute Gasteiger partial charge is 0.491 e. The van der Waals surface area contributed by atoms with Crippen LogP contribution in [-0.4, -0.2) is 25.4 Å². The van der Waals surface area contributed by atoms with Crippen molar-refractivity contribution in [2.75, 3.05) is 13.2 Å². The summed E-state index contributed by atoms with van der Waals surface area (Å²) >= 11 is 0. The minimum atomic E-state index is 0.215. The summed E-state index contributed by atoms with van der Waals surface area (Å²) in [5, 5.41) is 3.72. The Balaban J connectivity index is 1.95. The van der Waals surface area contributed by atoms with Crippen molar-refractivity contribution in [3.63, 3.8) is 0 Å². The third-order valence-electron chi connectivity index (χ3n) is 3.67. The van der Waals surface area contributed by atoms with Gasteiger partial charge in [0.25, 0.3) is 0 Å². The van der Waals surface area contributed by atoms with Gasteiger partial charge in [0, 0.05) is 25.3 Å². The molecule has 2 atom stereocenters. The van der Waals surface area contributed by atoms with E-state index >= 15 is 0 Å². The van der Waals surface area contributed by atoms with Crippen molar-refractivity contribution >= 4 is 0 Å². The van der Waals surface area contributed by atoms with Crippen LogP contribution in [0.25, 0.3) is 0 Å². The van der Waals surface area contributed by atoms with E-state index in [1.54, 1.807) is 0 Å². The van der Waals surface area contributed by atoms with Gasteiger partial charge in [0.1, 0.15) is 5.75 Å². The molecular formula is C17H27NO2. The quantitative estimate of drug-likeness (QED) is 0.890. The smallest absolute Gasteiger partial charge is 0.120 e. The molecule has 20 heavy (non-hydrogen) atoms. The molecule has 1 saturated heterocycles. The second-order valence-electron chi connectivity index (χ2n) is 5.87. The summed E-state index contributed by atoms with van der Waals surface area (Å²) in [5.41, 5.74) is 1.29. The summed E-state index contributed by atoms with van der Waals surface area (Å²) < 4.78 is 11.3. The summed E-state index contributed by atoms with van der Waals surface area (Å²) in [4.78, 5) is 0. The van der Waals surface area contributed by atoms with Gasteiger partial charge in [-0.15, -0.1) is 0 Å². The van der Waals surface area contributed by atoms with Gasteiger partial charge in [-0.25, -0.2) is 0 Å². The lowest BCUT2D eigenvalue weighted by atomic mass is 10.0. The molecule has 1 aromatic rings. The van der Waals surface area contributed by atoms with E-state index in [1.807, 2.05) is 6.07 Å². The zero-order valence-corrected chi connectivity index (χ0v) is 12.9. The minimum absolute atomic E-state index is 0.215. The third-order valence-corrected chi connectivity index (χ3v) is 3.67. The molecule has 1 fully saturated rings. The Kier molecular flexibility index (Phi) is 5.86. The average Bonchev–Trinajstić information content (AvgIpc) is 2.67. The molecule has 1 aliphatic rings. The molecule has 1 heterocycles. The summed E-state index contributed by atoms with van der Waals surface area (Å²) in [6.07, 6.45) is 3.67. The van der Waals surface area contributed by atoms with E-state index in [9.17, 15) is 0 Å². The maximum Gasteiger partial charge on any atom is 0.120 e. The van der Waals surface area contributed by atoms with Crippen LogP contribution in [0.2, 0.25) is 0 Å². The van der Waals surface area contributed by atoms with Crippen LogP contribution in [0.15, 0.2) is 24.3 Å². The van der Waals surface area contributed by atoms with E-state index in [0.29, 0.717) is 12.1 Å². The summed E-state index contributed by atoms with van der Waals surface area (Å²) in [7, 11) is 0. The number of benzene rings is 1. The minimum Gasteiger partial charge on any atom is -0.491 e. The fraction of sp³-hybridized carbons (Fsp3) is 0.647. The van der Waals surface area contributed by atoms with Crippen molar-refractivity contribution in [2.45, 2.75) is 58.2 Å². The standard InChI is InChI=1S/C17H27NO2/c1-13(2)20-17-8-4-6-15(12-17)14(3)18-16-7-5-10-19-11-9-16/h4,6,8,12-14,16,18H,5,7,9-11H2,1-3H3. The number of ether oxygens (including phenoxy) is 2. The van der Waals surface area contributed by atoms with Gasteiger partial charge in [0.15, 0.2) is 0 Å². The first-order chi connectivity index (χ1) is 9.65. The average molecular weight is 277 g/mol. The molecule has 1 N–H and O–H groups in total. The van der Waals surface area contributed by atoms with Crippen LogP contribution in [0.3, 0.4) is 0 Å². The number of hydrogen-bond acceptors (Lipinski definition) is 3. The Morgan fingerprint density at radius 1 is 1.20 bits per heavy atom. The van der Waals surface area contributed by atoms with Crippen molar-refractivity contribution in [1.29, 1.82) is 0 Å². The number of nitrogens with one attached hydrogen (secondary N) is 1. The van der Waals surface area contributed by atoms with Crippen LogP contribution in [0.4, 0.5) is 0 Å². The molecule has 3 heteroatoms. The highest BCUT2D eigenvalue weighted by Crippen LogP contribution is 2.21. The van der Waals surface area contributed by atoms with E-state index in [2.05, 4.69) is 44.3 Å². The van der Waals surface area contributed by atoms with E-state index in [-0.39, 0.29) is 6.10 Å². The number of hydrogen-bond donors (Lipinski definition) is 1. The zero-order chi connectivity index (χ0) is 14.4. The molecule has 0 aliphatic carbocycles. The fourth-order valence-corrected chi connectivity index (χ4v) is 2.65. The molecule has 1 aromatic carbocycles. The Labute approximate surface area is 122 Å². The Morgan fingerprint density at radius 3 is 2.85 bits per heavy atom. The highest BCUT2D eigenvalue weighted by molar-refractivity contribution is 5.30. The van der Waals surface area contributed by atoms with Gasteiger partial charge in [-0.3, -0.25) is 0 Å². The van der Waals surface area contributed by atoms with Gasteiger partial charge >= 0.3 is 0 Å². The second kappa shape index (κ2) is 7.65. The monoisotopic (exact) mass is 277 g/mol. The van der Waals surface area contributed by atoms with Crippen molar-refractivity contribution in [3.8, 4) is 5.75 Å². The molecule has 2 unspecified atom stereocenters. The maximum absolute atomic E-state index is 5.77. The molecule has 0 amide bonds. The highest BCUT2D eigenvalue weighted by atomic mass is 16.5. The molecule has 3 nitrogen and oxygen atoms in total. The molecule has 0 radical (unpaired) electrons. The molecular weight excluding hydrogens is 250 g/mol. The van der Waals surface area contributed by atoms with Gasteiger partial charge in [-0.05, 0) is 57.7 Å². The summed E-state index contributed by atoms with van der Waals surface area (Å²) in [5.74, 6) is 0.954. The predicted molar refractivity (Wildman–Crippen MR) is 82.2 cm³/mol. The Bertz CT molecular complexity index is 398. The molecule has 0 aromatic heterocycles. The highest BCUT2D eigenvalue weighted by Gasteiger charge is 2.16. The molecule has 0 saturated carbocycles. The summed E-state index contributed by atoms with van der Waals surface area (Å²) in [6, 6.07) is 9.30. The van der Waals surface area contributed by atoms with Gasteiger partial charge in [-0.1, -0.05) is 12.1 Å². The Morgan fingerprint density at radius 2 is 2.05 bits per heavy atom. The maximum atomic E-state index is 5.77. The molecule has 112 valence electrons. The normalized spacial score (nSPS) is 21.5. The van der Waals surface area contributed by atoms with E-state index in [0.717, 1.165) is 31.8 Å². The van der Waals surface area contributed by atoms with Crippen molar-refractivity contribution in [2.24, 2.45) is 0 Å². The topological polar surface area (TPSA) is 30.5 Å². The van der Waals surface area contributed by atoms with E-state index < -0.39 is 0 Å². The lowest BCUT2D eigenvalue weighted by Crippen LogP contribution is -2.31. The first kappa shape index (κ1) is 15.3. The molecule has 2 rings (SSSR count). The van der Waals surface area contributed by atoms with E-state index in [1.165, 1.54) is 12.0 Å². The first-order valence-corrected chi connectivity index (χ1v) is 7.75. The van der Waals surface area contributed by atoms with Crippen LogP contribution >= 0.6 is 0 Å². The molecule has 0 bridgehead atoms. The van der Waals surface area contributed by atoms with Crippen LogP contribution < -0.4 is 10.1 Å². The van der Waals surface area contributed by atoms with Crippen LogP contribution in [0, 0.1) is 0 Å².